The van der Waals surface area contributed by atoms with Crippen LogP contribution in [0, 0.1) is 0 Å². The molecule has 1 atom stereocenters. The summed E-state index contributed by atoms with van der Waals surface area (Å²) in [6.07, 6.45) is 0.747. The lowest BCUT2D eigenvalue weighted by atomic mass is 10.0. The van der Waals surface area contributed by atoms with E-state index in [0.717, 1.165) is 12.0 Å². The molecule has 0 bridgehead atoms. The van der Waals surface area contributed by atoms with Gasteiger partial charge in [-0.25, -0.2) is 13.1 Å². The zero-order valence-electron chi connectivity index (χ0n) is 10.5. The van der Waals surface area contributed by atoms with Crippen LogP contribution in [0.25, 0.3) is 0 Å². The van der Waals surface area contributed by atoms with Crippen LogP contribution in [0.15, 0.2) is 29.2 Å². The van der Waals surface area contributed by atoms with Crippen LogP contribution in [-0.2, 0) is 10.0 Å². The van der Waals surface area contributed by atoms with Crippen LogP contribution < -0.4 is 10.5 Å². The van der Waals surface area contributed by atoms with Gasteiger partial charge < -0.3 is 10.8 Å². The molecule has 0 saturated heterocycles. The molecule has 0 saturated carbocycles. The summed E-state index contributed by atoms with van der Waals surface area (Å²) in [5, 5.41) is 9.11. The minimum absolute atomic E-state index is 0.0450. The van der Waals surface area contributed by atoms with Crippen molar-refractivity contribution in [3.8, 4) is 0 Å². The van der Waals surface area contributed by atoms with E-state index in [0.29, 0.717) is 13.1 Å². The number of rotatable bonds is 7. The quantitative estimate of drug-likeness (QED) is 0.670. The molecule has 0 spiro atoms. The van der Waals surface area contributed by atoms with Crippen LogP contribution in [0.3, 0.4) is 0 Å². The zero-order chi connectivity index (χ0) is 13.6. The maximum absolute atomic E-state index is 11.8. The SMILES string of the molecule is CCCNS(=O)(=O)c1ccc(C(CN)CO)cc1. The van der Waals surface area contributed by atoms with Crippen molar-refractivity contribution in [1.29, 1.82) is 0 Å². The van der Waals surface area contributed by atoms with Gasteiger partial charge in [-0.05, 0) is 24.1 Å². The van der Waals surface area contributed by atoms with Gasteiger partial charge in [-0.2, -0.15) is 0 Å². The highest BCUT2D eigenvalue weighted by molar-refractivity contribution is 7.89. The second-order valence-corrected chi connectivity index (χ2v) is 5.85. The van der Waals surface area contributed by atoms with Crippen molar-refractivity contribution in [2.75, 3.05) is 19.7 Å². The Kier molecular flexibility index (Phi) is 5.74. The van der Waals surface area contributed by atoms with E-state index < -0.39 is 10.0 Å². The van der Waals surface area contributed by atoms with Crippen molar-refractivity contribution >= 4 is 10.0 Å². The summed E-state index contributed by atoms with van der Waals surface area (Å²) in [5.41, 5.74) is 6.36. The summed E-state index contributed by atoms with van der Waals surface area (Å²) < 4.78 is 26.2. The average molecular weight is 272 g/mol. The predicted molar refractivity (Wildman–Crippen MR) is 70.8 cm³/mol. The largest absolute Gasteiger partial charge is 0.396 e. The highest BCUT2D eigenvalue weighted by Gasteiger charge is 2.14. The van der Waals surface area contributed by atoms with Crippen molar-refractivity contribution in [3.63, 3.8) is 0 Å². The summed E-state index contributed by atoms with van der Waals surface area (Å²) in [6.45, 7) is 2.61. The Bertz CT molecular complexity index is 453. The third-order valence-electron chi connectivity index (χ3n) is 2.71. The van der Waals surface area contributed by atoms with E-state index in [-0.39, 0.29) is 17.4 Å². The van der Waals surface area contributed by atoms with Gasteiger partial charge in [0.25, 0.3) is 0 Å². The van der Waals surface area contributed by atoms with E-state index in [4.69, 9.17) is 10.8 Å². The molecule has 0 aliphatic heterocycles. The Morgan fingerprint density at radius 2 is 1.94 bits per heavy atom. The molecular weight excluding hydrogens is 252 g/mol. The number of aliphatic hydroxyl groups is 1. The summed E-state index contributed by atoms with van der Waals surface area (Å²) >= 11 is 0. The Labute approximate surface area is 108 Å². The van der Waals surface area contributed by atoms with Crippen molar-refractivity contribution in [2.24, 2.45) is 5.73 Å². The van der Waals surface area contributed by atoms with E-state index in [2.05, 4.69) is 4.72 Å². The molecule has 0 radical (unpaired) electrons. The first kappa shape index (κ1) is 15.1. The molecule has 1 rings (SSSR count). The van der Waals surface area contributed by atoms with Gasteiger partial charge in [-0.3, -0.25) is 0 Å². The molecule has 0 aliphatic carbocycles. The number of benzene rings is 1. The van der Waals surface area contributed by atoms with Crippen LogP contribution in [0.5, 0.6) is 0 Å². The number of aliphatic hydroxyl groups excluding tert-OH is 1. The van der Waals surface area contributed by atoms with Gasteiger partial charge in [0.05, 0.1) is 11.5 Å². The molecule has 102 valence electrons. The Hall–Kier alpha value is -0.950. The molecule has 0 aliphatic rings. The molecule has 4 N–H and O–H groups in total. The Morgan fingerprint density at radius 1 is 1.33 bits per heavy atom. The molecule has 0 fully saturated rings. The third-order valence-corrected chi connectivity index (χ3v) is 4.19. The molecule has 0 amide bonds. The predicted octanol–water partition coefficient (Wildman–Crippen LogP) is 0.410. The first-order valence-electron chi connectivity index (χ1n) is 5.95. The number of nitrogens with one attached hydrogen (secondary N) is 1. The number of nitrogens with two attached hydrogens (primary N) is 1. The van der Waals surface area contributed by atoms with Crippen LogP contribution in [0.1, 0.15) is 24.8 Å². The number of hydrogen-bond acceptors (Lipinski definition) is 4. The average Bonchev–Trinajstić information content (AvgIpc) is 2.38. The minimum atomic E-state index is -3.42. The van der Waals surface area contributed by atoms with Crippen LogP contribution >= 0.6 is 0 Å². The smallest absolute Gasteiger partial charge is 0.240 e. The lowest BCUT2D eigenvalue weighted by Crippen LogP contribution is -2.24. The fraction of sp³-hybridized carbons (Fsp3) is 0.500. The molecule has 1 aromatic rings. The summed E-state index contributed by atoms with van der Waals surface area (Å²) in [4.78, 5) is 0.230. The second-order valence-electron chi connectivity index (χ2n) is 4.08. The van der Waals surface area contributed by atoms with E-state index in [1.165, 1.54) is 12.1 Å². The Morgan fingerprint density at radius 3 is 2.39 bits per heavy atom. The topological polar surface area (TPSA) is 92.4 Å². The van der Waals surface area contributed by atoms with Gasteiger partial charge in [0.1, 0.15) is 0 Å². The summed E-state index contributed by atoms with van der Waals surface area (Å²) in [5.74, 6) is -0.148. The van der Waals surface area contributed by atoms with Gasteiger partial charge in [0.15, 0.2) is 0 Å². The summed E-state index contributed by atoms with van der Waals surface area (Å²) in [6, 6.07) is 6.44. The Balaban J connectivity index is 2.88. The molecule has 18 heavy (non-hydrogen) atoms. The molecule has 0 heterocycles. The fourth-order valence-electron chi connectivity index (χ4n) is 1.55. The second kappa shape index (κ2) is 6.84. The number of sulfonamides is 1. The molecule has 6 heteroatoms. The van der Waals surface area contributed by atoms with Gasteiger partial charge in [-0.1, -0.05) is 19.1 Å². The lowest BCUT2D eigenvalue weighted by Gasteiger charge is -2.12. The van der Waals surface area contributed by atoms with Crippen LogP contribution in [0.2, 0.25) is 0 Å². The summed E-state index contributed by atoms with van der Waals surface area (Å²) in [7, 11) is -3.42. The number of hydrogen-bond donors (Lipinski definition) is 3. The third kappa shape index (κ3) is 3.78. The van der Waals surface area contributed by atoms with Crippen molar-refractivity contribution in [3.05, 3.63) is 29.8 Å². The normalized spacial score (nSPS) is 13.5. The van der Waals surface area contributed by atoms with Gasteiger partial charge in [0.2, 0.25) is 10.0 Å². The van der Waals surface area contributed by atoms with Crippen LogP contribution in [0.4, 0.5) is 0 Å². The van der Waals surface area contributed by atoms with Crippen molar-refractivity contribution in [2.45, 2.75) is 24.2 Å². The van der Waals surface area contributed by atoms with Gasteiger partial charge in [0, 0.05) is 19.0 Å². The zero-order valence-corrected chi connectivity index (χ0v) is 11.3. The maximum atomic E-state index is 11.8. The lowest BCUT2D eigenvalue weighted by molar-refractivity contribution is 0.268. The van der Waals surface area contributed by atoms with E-state index in [9.17, 15) is 8.42 Å². The maximum Gasteiger partial charge on any atom is 0.240 e. The molecule has 5 nitrogen and oxygen atoms in total. The first-order valence-corrected chi connectivity index (χ1v) is 7.44. The fourth-order valence-corrected chi connectivity index (χ4v) is 2.69. The van der Waals surface area contributed by atoms with Crippen molar-refractivity contribution in [1.82, 2.24) is 4.72 Å². The van der Waals surface area contributed by atoms with E-state index in [1.54, 1.807) is 12.1 Å². The molecule has 0 aromatic heterocycles. The van der Waals surface area contributed by atoms with E-state index in [1.807, 2.05) is 6.92 Å². The molecule has 1 unspecified atom stereocenters. The first-order chi connectivity index (χ1) is 8.55. The monoisotopic (exact) mass is 272 g/mol. The van der Waals surface area contributed by atoms with E-state index >= 15 is 0 Å². The van der Waals surface area contributed by atoms with Crippen LogP contribution in [-0.4, -0.2) is 33.2 Å². The molecular formula is C12H20N2O3S. The van der Waals surface area contributed by atoms with Gasteiger partial charge in [-0.15, -0.1) is 0 Å². The van der Waals surface area contributed by atoms with Crippen molar-refractivity contribution < 1.29 is 13.5 Å². The highest BCUT2D eigenvalue weighted by Crippen LogP contribution is 2.17. The standard InChI is InChI=1S/C12H20N2O3S/c1-2-7-14-18(16,17)12-5-3-10(4-6-12)11(8-13)9-15/h3-6,11,14-15H,2,7-9,13H2,1H3. The highest BCUT2D eigenvalue weighted by atomic mass is 32.2. The van der Waals surface area contributed by atoms with Gasteiger partial charge >= 0.3 is 0 Å². The molecule has 1 aromatic carbocycles. The minimum Gasteiger partial charge on any atom is -0.396 e.